The van der Waals surface area contributed by atoms with Gasteiger partial charge in [-0.2, -0.15) is 0 Å². The number of thiazole rings is 1. The van der Waals surface area contributed by atoms with E-state index in [-0.39, 0.29) is 18.1 Å². The summed E-state index contributed by atoms with van der Waals surface area (Å²) in [5, 5.41) is 5.51. The van der Waals surface area contributed by atoms with E-state index in [4.69, 9.17) is 4.74 Å². The summed E-state index contributed by atoms with van der Waals surface area (Å²) < 4.78 is 7.66. The molecule has 1 amide bonds. The minimum atomic E-state index is -0.160. The molecule has 2 aromatic heterocycles. The summed E-state index contributed by atoms with van der Waals surface area (Å²) in [4.78, 5) is 23.4. The van der Waals surface area contributed by atoms with E-state index in [1.54, 1.807) is 24.7 Å². The van der Waals surface area contributed by atoms with Crippen LogP contribution in [0.25, 0.3) is 5.69 Å². The van der Waals surface area contributed by atoms with Crippen LogP contribution in [0.3, 0.4) is 0 Å². The van der Waals surface area contributed by atoms with Gasteiger partial charge < -0.3 is 9.30 Å². The van der Waals surface area contributed by atoms with Crippen molar-refractivity contribution in [3.8, 4) is 5.69 Å². The molecular weight excluding hydrogens is 374 g/mol. The molecule has 28 heavy (non-hydrogen) atoms. The molecule has 1 aliphatic rings. The predicted octanol–water partition coefficient (Wildman–Crippen LogP) is 3.19. The Bertz CT molecular complexity index is 912. The lowest BCUT2D eigenvalue weighted by Gasteiger charge is -2.34. The van der Waals surface area contributed by atoms with Gasteiger partial charge in [0.1, 0.15) is 0 Å². The Labute approximate surface area is 168 Å². The van der Waals surface area contributed by atoms with Crippen molar-refractivity contribution in [1.29, 1.82) is 0 Å². The van der Waals surface area contributed by atoms with Crippen LogP contribution in [0.1, 0.15) is 29.9 Å². The van der Waals surface area contributed by atoms with E-state index in [2.05, 4.69) is 34.0 Å². The third-order valence-corrected chi connectivity index (χ3v) is 5.39. The fourth-order valence-electron chi connectivity index (χ4n) is 3.45. The third kappa shape index (κ3) is 4.46. The average molecular weight is 398 g/mol. The van der Waals surface area contributed by atoms with Gasteiger partial charge in [0.05, 0.1) is 24.2 Å². The van der Waals surface area contributed by atoms with Crippen molar-refractivity contribution in [3.63, 3.8) is 0 Å². The highest BCUT2D eigenvalue weighted by atomic mass is 32.1. The molecule has 4 rings (SSSR count). The first-order chi connectivity index (χ1) is 13.6. The normalized spacial score (nSPS) is 20.2. The fourth-order valence-corrected chi connectivity index (χ4v) is 4.14. The molecule has 7 nitrogen and oxygen atoms in total. The molecule has 3 heterocycles. The molecule has 0 radical (unpaired) electrons. The monoisotopic (exact) mass is 397 g/mol. The van der Waals surface area contributed by atoms with Crippen LogP contribution >= 0.6 is 11.3 Å². The SMILES string of the molecule is C[C@@H]1CN(Cc2csc(NC(=O)c3ccc(-n4ccnc4)cc3)n2)C[C@@H](C)O1. The summed E-state index contributed by atoms with van der Waals surface area (Å²) in [5.41, 5.74) is 2.52. The molecule has 2 atom stereocenters. The first-order valence-electron chi connectivity index (χ1n) is 9.29. The number of imidazole rings is 1. The summed E-state index contributed by atoms with van der Waals surface area (Å²) in [6, 6.07) is 7.39. The fraction of sp³-hybridized carbons (Fsp3) is 0.350. The number of nitrogens with one attached hydrogen (secondary N) is 1. The molecule has 1 N–H and O–H groups in total. The Kier molecular flexibility index (Phi) is 5.52. The second-order valence-corrected chi connectivity index (χ2v) is 7.92. The zero-order valence-electron chi connectivity index (χ0n) is 15.9. The molecule has 0 bridgehead atoms. The maximum absolute atomic E-state index is 12.5. The third-order valence-electron chi connectivity index (χ3n) is 4.59. The Morgan fingerprint density at radius 1 is 1.25 bits per heavy atom. The summed E-state index contributed by atoms with van der Waals surface area (Å²) in [6.45, 7) is 6.74. The van der Waals surface area contributed by atoms with Crippen molar-refractivity contribution in [3.05, 3.63) is 59.6 Å². The molecule has 0 unspecified atom stereocenters. The Balaban J connectivity index is 1.36. The molecule has 1 saturated heterocycles. The van der Waals surface area contributed by atoms with Crippen molar-refractivity contribution in [1.82, 2.24) is 19.4 Å². The number of benzene rings is 1. The maximum atomic E-state index is 12.5. The number of hydrogen-bond donors (Lipinski definition) is 1. The smallest absolute Gasteiger partial charge is 0.257 e. The van der Waals surface area contributed by atoms with Gasteiger partial charge in [0.2, 0.25) is 0 Å². The van der Waals surface area contributed by atoms with E-state index < -0.39 is 0 Å². The van der Waals surface area contributed by atoms with E-state index in [0.29, 0.717) is 10.7 Å². The Morgan fingerprint density at radius 3 is 2.68 bits per heavy atom. The Hall–Kier alpha value is -2.55. The predicted molar refractivity (Wildman–Crippen MR) is 109 cm³/mol. The number of amides is 1. The lowest BCUT2D eigenvalue weighted by atomic mass is 10.2. The largest absolute Gasteiger partial charge is 0.373 e. The van der Waals surface area contributed by atoms with E-state index in [9.17, 15) is 4.79 Å². The first-order valence-corrected chi connectivity index (χ1v) is 10.2. The standard InChI is InChI=1S/C20H23N5O2S/c1-14-9-24(10-15(2)27-14)11-17-12-28-20(22-17)23-19(26)16-3-5-18(6-4-16)25-8-7-21-13-25/h3-8,12-15H,9-11H2,1-2H3,(H,22,23,26)/t14-,15-/m1/s1. The molecule has 8 heteroatoms. The number of carbonyl (C=O) groups excluding carboxylic acids is 1. The summed E-state index contributed by atoms with van der Waals surface area (Å²) >= 11 is 1.45. The highest BCUT2D eigenvalue weighted by Crippen LogP contribution is 2.20. The van der Waals surface area contributed by atoms with Crippen molar-refractivity contribution < 1.29 is 9.53 Å². The van der Waals surface area contributed by atoms with E-state index in [1.807, 2.05) is 28.3 Å². The molecule has 1 aromatic carbocycles. The molecular formula is C20H23N5O2S. The summed E-state index contributed by atoms with van der Waals surface area (Å²) in [5.74, 6) is -0.160. The van der Waals surface area contributed by atoms with Crippen LogP contribution < -0.4 is 5.32 Å². The lowest BCUT2D eigenvalue weighted by molar-refractivity contribution is -0.0707. The second kappa shape index (κ2) is 8.22. The van der Waals surface area contributed by atoms with E-state index in [0.717, 1.165) is 31.0 Å². The van der Waals surface area contributed by atoms with Crippen LogP contribution in [0.15, 0.2) is 48.4 Å². The maximum Gasteiger partial charge on any atom is 0.257 e. The first kappa shape index (κ1) is 18.8. The van der Waals surface area contributed by atoms with Gasteiger partial charge in [-0.1, -0.05) is 0 Å². The number of carbonyl (C=O) groups is 1. The summed E-state index contributed by atoms with van der Waals surface area (Å²) in [6.07, 6.45) is 5.77. The van der Waals surface area contributed by atoms with Gasteiger partial charge in [-0.25, -0.2) is 9.97 Å². The van der Waals surface area contributed by atoms with Crippen molar-refractivity contribution in [2.75, 3.05) is 18.4 Å². The zero-order chi connectivity index (χ0) is 19.5. The quantitative estimate of drug-likeness (QED) is 0.716. The van der Waals surface area contributed by atoms with Gasteiger partial charge in [0.15, 0.2) is 5.13 Å². The van der Waals surface area contributed by atoms with Gasteiger partial charge in [-0.3, -0.25) is 15.0 Å². The van der Waals surface area contributed by atoms with Gasteiger partial charge >= 0.3 is 0 Å². The molecule has 0 aliphatic carbocycles. The molecule has 1 aliphatic heterocycles. The number of anilines is 1. The van der Waals surface area contributed by atoms with E-state index in [1.165, 1.54) is 11.3 Å². The van der Waals surface area contributed by atoms with Crippen LogP contribution in [0, 0.1) is 0 Å². The van der Waals surface area contributed by atoms with Gasteiger partial charge in [-0.05, 0) is 38.1 Å². The highest BCUT2D eigenvalue weighted by molar-refractivity contribution is 7.13. The van der Waals surface area contributed by atoms with Crippen molar-refractivity contribution in [2.45, 2.75) is 32.6 Å². The number of hydrogen-bond acceptors (Lipinski definition) is 6. The number of ether oxygens (including phenoxy) is 1. The van der Waals surface area contributed by atoms with Crippen LogP contribution in [0.2, 0.25) is 0 Å². The summed E-state index contributed by atoms with van der Waals surface area (Å²) in [7, 11) is 0. The van der Waals surface area contributed by atoms with Gasteiger partial charge in [-0.15, -0.1) is 11.3 Å². The topological polar surface area (TPSA) is 72.3 Å². The number of rotatable bonds is 5. The molecule has 1 fully saturated rings. The zero-order valence-corrected chi connectivity index (χ0v) is 16.7. The lowest BCUT2D eigenvalue weighted by Crippen LogP contribution is -2.44. The van der Waals surface area contributed by atoms with Crippen LogP contribution in [-0.4, -0.2) is 50.6 Å². The minimum absolute atomic E-state index is 0.160. The molecule has 0 spiro atoms. The number of aromatic nitrogens is 3. The molecule has 146 valence electrons. The van der Waals surface area contributed by atoms with Crippen LogP contribution in [0.5, 0.6) is 0 Å². The average Bonchev–Trinajstić information content (AvgIpc) is 3.33. The Morgan fingerprint density at radius 2 is 2.00 bits per heavy atom. The highest BCUT2D eigenvalue weighted by Gasteiger charge is 2.22. The van der Waals surface area contributed by atoms with Gasteiger partial charge in [0, 0.05) is 48.7 Å². The van der Waals surface area contributed by atoms with Crippen LogP contribution in [0.4, 0.5) is 5.13 Å². The minimum Gasteiger partial charge on any atom is -0.373 e. The number of morpholine rings is 1. The van der Waals surface area contributed by atoms with Crippen molar-refractivity contribution >= 4 is 22.4 Å². The number of nitrogens with zero attached hydrogens (tertiary/aromatic N) is 4. The van der Waals surface area contributed by atoms with E-state index >= 15 is 0 Å². The second-order valence-electron chi connectivity index (χ2n) is 7.07. The molecule has 3 aromatic rings. The van der Waals surface area contributed by atoms with Gasteiger partial charge in [0.25, 0.3) is 5.91 Å². The van der Waals surface area contributed by atoms with Crippen molar-refractivity contribution in [2.24, 2.45) is 0 Å². The van der Waals surface area contributed by atoms with Crippen LogP contribution in [-0.2, 0) is 11.3 Å². The molecule has 0 saturated carbocycles.